The van der Waals surface area contributed by atoms with Gasteiger partial charge in [0.05, 0.1) is 5.92 Å². The highest BCUT2D eigenvalue weighted by molar-refractivity contribution is 6.10. The molecule has 2 aromatic rings. The Morgan fingerprint density at radius 2 is 1.70 bits per heavy atom. The van der Waals surface area contributed by atoms with Crippen molar-refractivity contribution >= 4 is 17.5 Å². The van der Waals surface area contributed by atoms with Gasteiger partial charge in [0.1, 0.15) is 5.54 Å². The Bertz CT molecular complexity index is 1060. The Morgan fingerprint density at radius 1 is 0.970 bits per heavy atom. The van der Waals surface area contributed by atoms with Crippen LogP contribution in [0.5, 0.6) is 0 Å². The first-order valence-corrected chi connectivity index (χ1v) is 12.3. The molecule has 0 N–H and O–H groups in total. The Morgan fingerprint density at radius 3 is 2.48 bits per heavy atom. The first-order valence-electron chi connectivity index (χ1n) is 12.3. The van der Waals surface area contributed by atoms with Crippen LogP contribution in [0.1, 0.15) is 30.4 Å². The molecule has 6 heteroatoms. The highest BCUT2D eigenvalue weighted by Crippen LogP contribution is 2.57. The zero-order chi connectivity index (χ0) is 22.6. The second kappa shape index (κ2) is 7.96. The molecule has 4 heterocycles. The van der Waals surface area contributed by atoms with Gasteiger partial charge in [0.25, 0.3) is 5.91 Å². The molecule has 6 rings (SSSR count). The summed E-state index contributed by atoms with van der Waals surface area (Å²) in [5.74, 6) is -0.0570. The molecule has 1 spiro atoms. The average molecular weight is 445 g/mol. The van der Waals surface area contributed by atoms with Crippen molar-refractivity contribution in [3.8, 4) is 0 Å². The van der Waals surface area contributed by atoms with Gasteiger partial charge in [0.2, 0.25) is 5.91 Å². The van der Waals surface area contributed by atoms with Gasteiger partial charge in [-0.25, -0.2) is 0 Å². The maximum absolute atomic E-state index is 14.0. The smallest absolute Gasteiger partial charge is 0.252 e. The lowest BCUT2D eigenvalue weighted by atomic mass is 9.78. The fraction of sp³-hybridized carbons (Fsp3) is 0.481. The van der Waals surface area contributed by atoms with Crippen molar-refractivity contribution in [2.45, 2.75) is 37.4 Å². The number of hydrogen-bond donors (Lipinski definition) is 0. The number of hydrogen-bond acceptors (Lipinski definition) is 4. The van der Waals surface area contributed by atoms with Gasteiger partial charge in [-0.3, -0.25) is 19.4 Å². The van der Waals surface area contributed by atoms with Crippen molar-refractivity contribution in [1.29, 1.82) is 0 Å². The van der Waals surface area contributed by atoms with E-state index in [1.165, 1.54) is 5.56 Å². The third kappa shape index (κ3) is 3.07. The van der Waals surface area contributed by atoms with Crippen LogP contribution in [0, 0.1) is 5.92 Å². The zero-order valence-electron chi connectivity index (χ0n) is 19.3. The summed E-state index contributed by atoms with van der Waals surface area (Å²) in [4.78, 5) is 36.5. The Labute approximate surface area is 195 Å². The molecule has 3 atom stereocenters. The van der Waals surface area contributed by atoms with E-state index in [1.807, 2.05) is 36.2 Å². The molecule has 33 heavy (non-hydrogen) atoms. The lowest BCUT2D eigenvalue weighted by molar-refractivity contribution is -0.146. The van der Waals surface area contributed by atoms with E-state index in [2.05, 4.69) is 40.1 Å². The number of anilines is 1. The molecule has 172 valence electrons. The number of rotatable bonds is 3. The standard InChI is InChI=1S/C27H32N4O2/c1-28-24-12-6-5-11-22(24)27(26(28)33)23(18-21-10-7-13-31(21)27)25(32)30-16-14-29(15-17-30)19-20-8-3-2-4-9-20/h2-6,8-9,11-12,21,23H,7,10,13-19H2,1H3. The highest BCUT2D eigenvalue weighted by atomic mass is 16.2. The fourth-order valence-electron chi connectivity index (χ4n) is 6.84. The van der Waals surface area contributed by atoms with Crippen molar-refractivity contribution in [1.82, 2.24) is 14.7 Å². The predicted molar refractivity (Wildman–Crippen MR) is 128 cm³/mol. The van der Waals surface area contributed by atoms with E-state index < -0.39 is 5.54 Å². The molecule has 0 aliphatic carbocycles. The Hall–Kier alpha value is -2.70. The second-order valence-electron chi connectivity index (χ2n) is 10.0. The third-order valence-electron chi connectivity index (χ3n) is 8.38. The largest absolute Gasteiger partial charge is 0.340 e. The molecule has 3 saturated heterocycles. The number of likely N-dealkylation sites (N-methyl/N-ethyl adjacent to an activating group) is 1. The van der Waals surface area contributed by atoms with E-state index in [4.69, 9.17) is 0 Å². The highest BCUT2D eigenvalue weighted by Gasteiger charge is 2.67. The minimum Gasteiger partial charge on any atom is -0.340 e. The van der Waals surface area contributed by atoms with Crippen molar-refractivity contribution in [3.63, 3.8) is 0 Å². The molecule has 2 aromatic carbocycles. The number of para-hydroxylation sites is 1. The molecule has 3 fully saturated rings. The lowest BCUT2D eigenvalue weighted by Crippen LogP contribution is -2.58. The minimum absolute atomic E-state index is 0.0779. The van der Waals surface area contributed by atoms with Crippen LogP contribution in [0.15, 0.2) is 54.6 Å². The van der Waals surface area contributed by atoms with Crippen LogP contribution >= 0.6 is 0 Å². The summed E-state index contributed by atoms with van der Waals surface area (Å²) in [7, 11) is 1.86. The number of piperazine rings is 1. The summed E-state index contributed by atoms with van der Waals surface area (Å²) >= 11 is 0. The minimum atomic E-state index is -0.829. The first kappa shape index (κ1) is 20.9. The molecule has 0 aromatic heterocycles. The lowest BCUT2D eigenvalue weighted by Gasteiger charge is -2.41. The van der Waals surface area contributed by atoms with E-state index in [9.17, 15) is 9.59 Å². The maximum atomic E-state index is 14.0. The van der Waals surface area contributed by atoms with Crippen LogP contribution in [0.2, 0.25) is 0 Å². The number of carbonyl (C=O) groups is 2. The summed E-state index contributed by atoms with van der Waals surface area (Å²) in [6.45, 7) is 5.02. The van der Waals surface area contributed by atoms with E-state index in [0.29, 0.717) is 6.04 Å². The topological polar surface area (TPSA) is 47.1 Å². The molecule has 6 nitrogen and oxygen atoms in total. The number of amides is 2. The maximum Gasteiger partial charge on any atom is 0.252 e. The Kier molecular flexibility index (Phi) is 5.03. The van der Waals surface area contributed by atoms with Gasteiger partial charge in [0, 0.05) is 57.1 Å². The van der Waals surface area contributed by atoms with Crippen molar-refractivity contribution in [2.75, 3.05) is 44.7 Å². The molecule has 0 radical (unpaired) electrons. The van der Waals surface area contributed by atoms with Gasteiger partial charge < -0.3 is 9.80 Å². The van der Waals surface area contributed by atoms with E-state index in [1.54, 1.807) is 4.90 Å². The third-order valence-corrected chi connectivity index (χ3v) is 8.38. The second-order valence-corrected chi connectivity index (χ2v) is 10.0. The van der Waals surface area contributed by atoms with Gasteiger partial charge in [-0.15, -0.1) is 0 Å². The summed E-state index contributed by atoms with van der Waals surface area (Å²) in [5, 5.41) is 0. The average Bonchev–Trinajstić information content (AvgIpc) is 3.50. The quantitative estimate of drug-likeness (QED) is 0.730. The first-order chi connectivity index (χ1) is 16.1. The van der Waals surface area contributed by atoms with Crippen LogP contribution in [-0.4, -0.2) is 72.3 Å². The van der Waals surface area contributed by atoms with Crippen molar-refractivity contribution in [2.24, 2.45) is 5.92 Å². The summed E-state index contributed by atoms with van der Waals surface area (Å²) in [6, 6.07) is 18.9. The fourth-order valence-corrected chi connectivity index (χ4v) is 6.84. The summed E-state index contributed by atoms with van der Waals surface area (Å²) in [5.41, 5.74) is 2.47. The van der Waals surface area contributed by atoms with Crippen LogP contribution < -0.4 is 4.90 Å². The molecule has 4 aliphatic rings. The molecule has 0 saturated carbocycles. The van der Waals surface area contributed by atoms with E-state index in [0.717, 1.165) is 69.8 Å². The number of nitrogens with zero attached hydrogens (tertiary/aromatic N) is 4. The van der Waals surface area contributed by atoms with Gasteiger partial charge in [-0.05, 0) is 37.4 Å². The van der Waals surface area contributed by atoms with E-state index >= 15 is 0 Å². The molecular weight excluding hydrogens is 412 g/mol. The molecule has 4 aliphatic heterocycles. The predicted octanol–water partition coefficient (Wildman–Crippen LogP) is 2.69. The summed E-state index contributed by atoms with van der Waals surface area (Å²) in [6.07, 6.45) is 2.97. The molecule has 2 amide bonds. The van der Waals surface area contributed by atoms with Crippen LogP contribution in [0.25, 0.3) is 0 Å². The van der Waals surface area contributed by atoms with Crippen LogP contribution in [0.3, 0.4) is 0 Å². The van der Waals surface area contributed by atoms with Crippen LogP contribution in [0.4, 0.5) is 5.69 Å². The number of benzene rings is 2. The normalized spacial score (nSPS) is 29.7. The van der Waals surface area contributed by atoms with Gasteiger partial charge in [-0.2, -0.15) is 0 Å². The number of fused-ring (bicyclic) bond motifs is 4. The van der Waals surface area contributed by atoms with Gasteiger partial charge in [-0.1, -0.05) is 48.5 Å². The Balaban J connectivity index is 1.26. The van der Waals surface area contributed by atoms with Gasteiger partial charge >= 0.3 is 0 Å². The molecule has 3 unspecified atom stereocenters. The van der Waals surface area contributed by atoms with E-state index in [-0.39, 0.29) is 17.7 Å². The monoisotopic (exact) mass is 444 g/mol. The zero-order valence-corrected chi connectivity index (χ0v) is 19.3. The molecule has 0 bridgehead atoms. The van der Waals surface area contributed by atoms with Crippen molar-refractivity contribution < 1.29 is 9.59 Å². The van der Waals surface area contributed by atoms with Crippen molar-refractivity contribution in [3.05, 3.63) is 65.7 Å². The summed E-state index contributed by atoms with van der Waals surface area (Å²) < 4.78 is 0. The SMILES string of the molecule is CN1C(=O)C2(c3ccccc31)C(C(=O)N1CCN(Cc3ccccc3)CC1)CC1CCCN12. The number of carbonyl (C=O) groups excluding carboxylic acids is 2. The van der Waals surface area contributed by atoms with Crippen LogP contribution in [-0.2, 0) is 21.7 Å². The molecular formula is C27H32N4O2. The van der Waals surface area contributed by atoms with Gasteiger partial charge in [0.15, 0.2) is 0 Å².